The Morgan fingerprint density at radius 3 is 3.11 bits per heavy atom. The van der Waals surface area contributed by atoms with Crippen LogP contribution in [-0.4, -0.2) is 40.9 Å². The van der Waals surface area contributed by atoms with Gasteiger partial charge in [-0.3, -0.25) is 4.79 Å². The number of aromatic nitrogens is 6. The maximum atomic E-state index is 10.6. The molecule has 0 aliphatic rings. The van der Waals surface area contributed by atoms with E-state index in [-0.39, 0.29) is 13.0 Å². The van der Waals surface area contributed by atoms with Crippen LogP contribution in [0.1, 0.15) is 6.42 Å². The fourth-order valence-electron chi connectivity index (χ4n) is 1.86. The van der Waals surface area contributed by atoms with E-state index in [1.807, 2.05) is 24.4 Å². The van der Waals surface area contributed by atoms with Crippen LogP contribution >= 0.6 is 0 Å². The van der Waals surface area contributed by atoms with Gasteiger partial charge in [-0.05, 0) is 22.6 Å². The highest BCUT2D eigenvalue weighted by molar-refractivity contribution is 5.75. The summed E-state index contributed by atoms with van der Waals surface area (Å²) < 4.78 is 3.18. The first kappa shape index (κ1) is 11.3. The summed E-state index contributed by atoms with van der Waals surface area (Å²) in [7, 11) is 0. The number of fused-ring (bicyclic) bond motifs is 1. The molecule has 0 radical (unpaired) electrons. The lowest BCUT2D eigenvalue weighted by molar-refractivity contribution is -0.137. The normalized spacial score (nSPS) is 10.9. The van der Waals surface area contributed by atoms with Crippen LogP contribution in [0.3, 0.4) is 0 Å². The Balaban J connectivity index is 2.02. The number of carboxylic acid groups (broad SMARTS) is 1. The summed E-state index contributed by atoms with van der Waals surface area (Å²) in [6.45, 7) is 0.224. The zero-order valence-electron chi connectivity index (χ0n) is 9.84. The van der Waals surface area contributed by atoms with Gasteiger partial charge in [-0.2, -0.15) is 5.10 Å². The van der Waals surface area contributed by atoms with Crippen LogP contribution in [-0.2, 0) is 11.3 Å². The molecule has 0 aliphatic carbocycles. The van der Waals surface area contributed by atoms with Gasteiger partial charge in [-0.25, -0.2) is 9.20 Å². The molecule has 0 spiro atoms. The fourth-order valence-corrected chi connectivity index (χ4v) is 1.86. The van der Waals surface area contributed by atoms with Gasteiger partial charge in [0.15, 0.2) is 5.82 Å². The van der Waals surface area contributed by atoms with Crippen LogP contribution < -0.4 is 0 Å². The van der Waals surface area contributed by atoms with E-state index in [1.165, 1.54) is 4.68 Å². The first-order valence-electron chi connectivity index (χ1n) is 5.66. The van der Waals surface area contributed by atoms with Crippen molar-refractivity contribution in [2.24, 2.45) is 0 Å². The molecule has 0 bridgehead atoms. The molecule has 0 saturated carbocycles. The van der Waals surface area contributed by atoms with Gasteiger partial charge in [0, 0.05) is 6.20 Å². The molecule has 3 heterocycles. The van der Waals surface area contributed by atoms with E-state index >= 15 is 0 Å². The Morgan fingerprint density at radius 1 is 1.37 bits per heavy atom. The first-order valence-corrected chi connectivity index (χ1v) is 5.66. The van der Waals surface area contributed by atoms with Crippen molar-refractivity contribution in [3.8, 4) is 11.4 Å². The van der Waals surface area contributed by atoms with Gasteiger partial charge in [0.05, 0.1) is 30.2 Å². The molecule has 19 heavy (non-hydrogen) atoms. The molecule has 1 N–H and O–H groups in total. The van der Waals surface area contributed by atoms with Crippen molar-refractivity contribution < 1.29 is 9.90 Å². The summed E-state index contributed by atoms with van der Waals surface area (Å²) in [5.74, 6) is -0.372. The second-order valence-corrected chi connectivity index (χ2v) is 3.96. The zero-order valence-corrected chi connectivity index (χ0v) is 9.84. The van der Waals surface area contributed by atoms with E-state index in [2.05, 4.69) is 20.6 Å². The fraction of sp³-hybridized carbons (Fsp3) is 0.182. The Morgan fingerprint density at radius 2 is 2.26 bits per heavy atom. The second kappa shape index (κ2) is 4.48. The quantitative estimate of drug-likeness (QED) is 0.730. The highest BCUT2D eigenvalue weighted by Gasteiger charge is 2.14. The minimum absolute atomic E-state index is 0.0305. The molecule has 8 heteroatoms. The van der Waals surface area contributed by atoms with Crippen molar-refractivity contribution in [1.82, 2.24) is 29.8 Å². The molecule has 0 aromatic carbocycles. The summed E-state index contributed by atoms with van der Waals surface area (Å²) in [4.78, 5) is 10.6. The predicted octanol–water partition coefficient (Wildman–Crippen LogP) is 0.462. The van der Waals surface area contributed by atoms with Crippen LogP contribution in [0.15, 0.2) is 30.6 Å². The zero-order chi connectivity index (χ0) is 13.2. The summed E-state index contributed by atoms with van der Waals surface area (Å²) in [5, 5.41) is 24.3. The van der Waals surface area contributed by atoms with Crippen molar-refractivity contribution in [1.29, 1.82) is 0 Å². The molecule has 8 nitrogen and oxygen atoms in total. The molecule has 96 valence electrons. The van der Waals surface area contributed by atoms with Crippen LogP contribution in [0.2, 0.25) is 0 Å². The molecule has 0 aliphatic heterocycles. The van der Waals surface area contributed by atoms with E-state index < -0.39 is 5.97 Å². The maximum Gasteiger partial charge on any atom is 0.305 e. The lowest BCUT2D eigenvalue weighted by Gasteiger charge is -2.01. The van der Waals surface area contributed by atoms with Gasteiger partial charge in [0.2, 0.25) is 0 Å². The molecule has 0 fully saturated rings. The van der Waals surface area contributed by atoms with E-state index in [9.17, 15) is 4.79 Å². The number of carboxylic acids is 1. The SMILES string of the molecule is O=C(O)CCn1nnnc1-c1cnn2ccccc12. The molecule has 0 unspecified atom stereocenters. The lowest BCUT2D eigenvalue weighted by atomic mass is 10.2. The highest BCUT2D eigenvalue weighted by atomic mass is 16.4. The number of hydrogen-bond donors (Lipinski definition) is 1. The van der Waals surface area contributed by atoms with Gasteiger partial charge < -0.3 is 5.11 Å². The summed E-state index contributed by atoms with van der Waals surface area (Å²) in [5.41, 5.74) is 1.64. The lowest BCUT2D eigenvalue weighted by Crippen LogP contribution is -2.07. The number of hydrogen-bond acceptors (Lipinski definition) is 5. The van der Waals surface area contributed by atoms with Crippen molar-refractivity contribution in [2.45, 2.75) is 13.0 Å². The van der Waals surface area contributed by atoms with Gasteiger partial charge in [0.1, 0.15) is 0 Å². The molecule has 0 atom stereocenters. The minimum atomic E-state index is -0.888. The monoisotopic (exact) mass is 258 g/mol. The number of rotatable bonds is 4. The number of pyridine rings is 1. The molecule has 0 saturated heterocycles. The average molecular weight is 258 g/mol. The molecular formula is C11H10N6O2. The molecule has 3 aromatic rings. The first-order chi connectivity index (χ1) is 9.25. The number of tetrazole rings is 1. The van der Waals surface area contributed by atoms with Crippen molar-refractivity contribution in [3.63, 3.8) is 0 Å². The number of nitrogens with zero attached hydrogens (tertiary/aromatic N) is 6. The second-order valence-electron chi connectivity index (χ2n) is 3.96. The van der Waals surface area contributed by atoms with Crippen LogP contribution in [0.5, 0.6) is 0 Å². The third-order valence-corrected chi connectivity index (χ3v) is 2.74. The Kier molecular flexibility index (Phi) is 2.67. The molecule has 3 rings (SSSR count). The topological polar surface area (TPSA) is 98.2 Å². The molecular weight excluding hydrogens is 248 g/mol. The van der Waals surface area contributed by atoms with Gasteiger partial charge in [-0.1, -0.05) is 6.07 Å². The van der Waals surface area contributed by atoms with Gasteiger partial charge in [-0.15, -0.1) is 5.10 Å². The van der Waals surface area contributed by atoms with Crippen LogP contribution in [0, 0.1) is 0 Å². The third kappa shape index (κ3) is 2.03. The smallest absolute Gasteiger partial charge is 0.305 e. The third-order valence-electron chi connectivity index (χ3n) is 2.74. The van der Waals surface area contributed by atoms with Crippen LogP contribution in [0.4, 0.5) is 0 Å². The van der Waals surface area contributed by atoms with E-state index in [0.29, 0.717) is 5.82 Å². The molecule has 3 aromatic heterocycles. The standard InChI is InChI=1S/C11H10N6O2/c18-10(19)4-6-17-11(13-14-15-17)8-7-12-16-5-2-1-3-9(8)16/h1-3,5,7H,4,6H2,(H,18,19). The minimum Gasteiger partial charge on any atom is -0.481 e. The maximum absolute atomic E-state index is 10.6. The van der Waals surface area contributed by atoms with Crippen molar-refractivity contribution >= 4 is 11.5 Å². The largest absolute Gasteiger partial charge is 0.481 e. The van der Waals surface area contributed by atoms with E-state index in [1.54, 1.807) is 10.7 Å². The number of aryl methyl sites for hydroxylation is 1. The Bertz CT molecular complexity index is 731. The van der Waals surface area contributed by atoms with Gasteiger partial charge in [0.25, 0.3) is 0 Å². The van der Waals surface area contributed by atoms with E-state index in [0.717, 1.165) is 11.1 Å². The Hall–Kier alpha value is -2.77. The van der Waals surface area contributed by atoms with Gasteiger partial charge >= 0.3 is 5.97 Å². The van der Waals surface area contributed by atoms with Crippen molar-refractivity contribution in [2.75, 3.05) is 0 Å². The number of carbonyl (C=O) groups is 1. The Labute approximate surface area is 107 Å². The average Bonchev–Trinajstić information content (AvgIpc) is 3.02. The highest BCUT2D eigenvalue weighted by Crippen LogP contribution is 2.21. The summed E-state index contributed by atoms with van der Waals surface area (Å²) in [6, 6.07) is 5.67. The summed E-state index contributed by atoms with van der Waals surface area (Å²) in [6.07, 6.45) is 3.46. The van der Waals surface area contributed by atoms with E-state index in [4.69, 9.17) is 5.11 Å². The number of aliphatic carboxylic acids is 1. The predicted molar refractivity (Wildman–Crippen MR) is 64.3 cm³/mol. The van der Waals surface area contributed by atoms with Crippen molar-refractivity contribution in [3.05, 3.63) is 30.6 Å². The molecule has 0 amide bonds. The van der Waals surface area contributed by atoms with Crippen LogP contribution in [0.25, 0.3) is 16.9 Å². The summed E-state index contributed by atoms with van der Waals surface area (Å²) >= 11 is 0.